The fourth-order valence-electron chi connectivity index (χ4n) is 3.46. The Balaban J connectivity index is 2.04. The number of hydrogen-bond acceptors (Lipinski definition) is 4. The van der Waals surface area contributed by atoms with Gasteiger partial charge >= 0.3 is 5.97 Å². The molecule has 1 N–H and O–H groups in total. The lowest BCUT2D eigenvalue weighted by Crippen LogP contribution is -2.30. The number of carboxylic acid groups (broad SMARTS) is 1. The Morgan fingerprint density at radius 1 is 1.11 bits per heavy atom. The first-order chi connectivity index (χ1) is 13.3. The fraction of sp³-hybridized carbons (Fsp3) is 0.435. The van der Waals surface area contributed by atoms with Crippen LogP contribution in [0, 0.1) is 0 Å². The molecule has 0 spiro atoms. The zero-order valence-corrected chi connectivity index (χ0v) is 17.0. The molecule has 0 unspecified atom stereocenters. The summed E-state index contributed by atoms with van der Waals surface area (Å²) in [6, 6.07) is 13.9. The number of carboxylic acids is 1. The fourth-order valence-corrected chi connectivity index (χ4v) is 3.46. The van der Waals surface area contributed by atoms with Crippen LogP contribution < -0.4 is 4.74 Å². The van der Waals surface area contributed by atoms with Crippen molar-refractivity contribution < 1.29 is 24.1 Å². The van der Waals surface area contributed by atoms with Crippen LogP contribution in [-0.4, -0.2) is 31.4 Å². The molecular weight excluding hydrogens is 356 g/mol. The Bertz CT molecular complexity index is 827. The average Bonchev–Trinajstić information content (AvgIpc) is 3.16. The van der Waals surface area contributed by atoms with Crippen molar-refractivity contribution in [3.8, 4) is 5.75 Å². The monoisotopic (exact) mass is 384 g/mol. The molecule has 1 heterocycles. The van der Waals surface area contributed by atoms with Gasteiger partial charge in [0.25, 0.3) is 0 Å². The molecule has 2 aromatic rings. The molecule has 3 rings (SSSR count). The predicted octanol–water partition coefficient (Wildman–Crippen LogP) is 4.26. The van der Waals surface area contributed by atoms with Gasteiger partial charge in [0, 0.05) is 12.0 Å². The number of ether oxygens (including phenoxy) is 3. The van der Waals surface area contributed by atoms with Gasteiger partial charge in [-0.25, -0.2) is 0 Å². The third-order valence-corrected chi connectivity index (χ3v) is 5.08. The van der Waals surface area contributed by atoms with Gasteiger partial charge in [0.2, 0.25) is 5.79 Å². The molecule has 0 aromatic heterocycles. The van der Waals surface area contributed by atoms with Gasteiger partial charge in [-0.05, 0) is 35.1 Å². The molecule has 0 amide bonds. The van der Waals surface area contributed by atoms with Gasteiger partial charge in [0.05, 0.1) is 25.9 Å². The van der Waals surface area contributed by atoms with Gasteiger partial charge in [-0.1, -0.05) is 51.1 Å². The Kier molecular flexibility index (Phi) is 5.77. The average molecular weight is 384 g/mol. The predicted molar refractivity (Wildman–Crippen MR) is 107 cm³/mol. The molecule has 2 aromatic carbocycles. The highest BCUT2D eigenvalue weighted by Crippen LogP contribution is 2.44. The summed E-state index contributed by atoms with van der Waals surface area (Å²) in [5.41, 5.74) is 3.82. The Morgan fingerprint density at radius 2 is 1.75 bits per heavy atom. The molecule has 150 valence electrons. The topological polar surface area (TPSA) is 65.0 Å². The smallest absolute Gasteiger partial charge is 0.303 e. The van der Waals surface area contributed by atoms with Crippen LogP contribution in [0.15, 0.2) is 42.5 Å². The van der Waals surface area contributed by atoms with Crippen molar-refractivity contribution in [2.24, 2.45) is 0 Å². The first-order valence-corrected chi connectivity index (χ1v) is 9.54. The normalized spacial score (nSPS) is 16.1. The highest BCUT2D eigenvalue weighted by molar-refractivity contribution is 5.67. The minimum Gasteiger partial charge on any atom is -0.496 e. The molecule has 1 aliphatic rings. The van der Waals surface area contributed by atoms with E-state index >= 15 is 0 Å². The maximum atomic E-state index is 10.8. The van der Waals surface area contributed by atoms with E-state index in [-0.39, 0.29) is 11.8 Å². The van der Waals surface area contributed by atoms with Crippen LogP contribution in [-0.2, 0) is 31.9 Å². The maximum absolute atomic E-state index is 10.8. The molecule has 28 heavy (non-hydrogen) atoms. The summed E-state index contributed by atoms with van der Waals surface area (Å²) >= 11 is 0. The quantitative estimate of drug-likeness (QED) is 0.806. The molecule has 0 radical (unpaired) electrons. The lowest BCUT2D eigenvalue weighted by atomic mass is 9.84. The number of aryl methyl sites for hydroxylation is 1. The number of hydrogen-bond donors (Lipinski definition) is 1. The largest absolute Gasteiger partial charge is 0.496 e. The van der Waals surface area contributed by atoms with Crippen LogP contribution in [0.4, 0.5) is 0 Å². The van der Waals surface area contributed by atoms with Crippen LogP contribution in [0.2, 0.25) is 0 Å². The molecule has 0 bridgehead atoms. The van der Waals surface area contributed by atoms with Crippen molar-refractivity contribution in [1.82, 2.24) is 0 Å². The Labute approximate surface area is 166 Å². The summed E-state index contributed by atoms with van der Waals surface area (Å²) in [4.78, 5) is 10.8. The van der Waals surface area contributed by atoms with E-state index in [1.165, 1.54) is 5.56 Å². The summed E-state index contributed by atoms with van der Waals surface area (Å²) in [6.07, 6.45) is 0.603. The number of benzene rings is 2. The number of carbonyl (C=O) groups is 1. The van der Waals surface area contributed by atoms with E-state index in [9.17, 15) is 4.79 Å². The minimum absolute atomic E-state index is 0.0263. The van der Waals surface area contributed by atoms with E-state index in [0.717, 1.165) is 16.7 Å². The molecule has 5 heteroatoms. The van der Waals surface area contributed by atoms with Crippen LogP contribution in [0.5, 0.6) is 5.75 Å². The minimum atomic E-state index is -1.03. The SMILES string of the molecule is COc1ccc(C(C)(C)C)cc1C1(c2ccc(CCC(=O)O)cc2)OCCO1. The zero-order chi connectivity index (χ0) is 20.4. The van der Waals surface area contributed by atoms with Crippen molar-refractivity contribution in [3.05, 3.63) is 64.7 Å². The van der Waals surface area contributed by atoms with Crippen molar-refractivity contribution in [3.63, 3.8) is 0 Å². The van der Waals surface area contributed by atoms with Gasteiger partial charge in [0.1, 0.15) is 5.75 Å². The third kappa shape index (κ3) is 4.05. The first-order valence-electron chi connectivity index (χ1n) is 9.54. The molecule has 0 saturated carbocycles. The summed E-state index contributed by atoms with van der Waals surface area (Å²) in [5.74, 6) is -1.12. The summed E-state index contributed by atoms with van der Waals surface area (Å²) in [5, 5.41) is 8.89. The standard InChI is InChI=1S/C23H28O5/c1-22(2,3)18-10-11-20(26-4)19(15-18)23(27-13-14-28-23)17-8-5-16(6-9-17)7-12-21(24)25/h5-6,8-11,15H,7,12-14H2,1-4H3,(H,24,25). The summed E-state index contributed by atoms with van der Waals surface area (Å²) in [7, 11) is 1.65. The van der Waals surface area contributed by atoms with Crippen molar-refractivity contribution >= 4 is 5.97 Å². The Hall–Kier alpha value is -2.37. The molecule has 1 fully saturated rings. The van der Waals surface area contributed by atoms with Crippen LogP contribution >= 0.6 is 0 Å². The molecule has 0 aliphatic carbocycles. The highest BCUT2D eigenvalue weighted by atomic mass is 16.7. The van der Waals surface area contributed by atoms with E-state index in [2.05, 4.69) is 32.9 Å². The van der Waals surface area contributed by atoms with Gasteiger partial charge in [-0.3, -0.25) is 4.79 Å². The second-order valence-corrected chi connectivity index (χ2v) is 8.07. The number of rotatable bonds is 6. The molecule has 1 aliphatic heterocycles. The van der Waals surface area contributed by atoms with Crippen molar-refractivity contribution in [2.75, 3.05) is 20.3 Å². The molecule has 0 atom stereocenters. The lowest BCUT2D eigenvalue weighted by molar-refractivity contribution is -0.137. The van der Waals surface area contributed by atoms with Gasteiger partial charge < -0.3 is 19.3 Å². The maximum Gasteiger partial charge on any atom is 0.303 e. The molecular formula is C23H28O5. The lowest BCUT2D eigenvalue weighted by Gasteiger charge is -2.31. The summed E-state index contributed by atoms with van der Waals surface area (Å²) < 4.78 is 18.0. The van der Waals surface area contributed by atoms with Crippen molar-refractivity contribution in [1.29, 1.82) is 0 Å². The Morgan fingerprint density at radius 3 is 2.29 bits per heavy atom. The van der Waals surface area contributed by atoms with E-state index < -0.39 is 11.8 Å². The van der Waals surface area contributed by atoms with Gasteiger partial charge in [0.15, 0.2) is 0 Å². The van der Waals surface area contributed by atoms with Crippen LogP contribution in [0.3, 0.4) is 0 Å². The first kappa shape index (κ1) is 20.4. The molecule has 1 saturated heterocycles. The third-order valence-electron chi connectivity index (χ3n) is 5.08. The number of methoxy groups -OCH3 is 1. The van der Waals surface area contributed by atoms with E-state index in [1.54, 1.807) is 7.11 Å². The zero-order valence-electron chi connectivity index (χ0n) is 17.0. The van der Waals surface area contributed by atoms with E-state index in [0.29, 0.717) is 25.4 Å². The van der Waals surface area contributed by atoms with Gasteiger partial charge in [-0.15, -0.1) is 0 Å². The summed E-state index contributed by atoms with van der Waals surface area (Å²) in [6.45, 7) is 7.48. The number of aliphatic carboxylic acids is 1. The second-order valence-electron chi connectivity index (χ2n) is 8.07. The van der Waals surface area contributed by atoms with E-state index in [4.69, 9.17) is 19.3 Å². The van der Waals surface area contributed by atoms with Crippen molar-refractivity contribution in [2.45, 2.75) is 44.8 Å². The molecule has 5 nitrogen and oxygen atoms in total. The van der Waals surface area contributed by atoms with Gasteiger partial charge in [-0.2, -0.15) is 0 Å². The van der Waals surface area contributed by atoms with E-state index in [1.807, 2.05) is 30.3 Å². The second kappa shape index (κ2) is 7.94. The van der Waals surface area contributed by atoms with Crippen LogP contribution in [0.25, 0.3) is 0 Å². The highest BCUT2D eigenvalue weighted by Gasteiger charge is 2.43. The van der Waals surface area contributed by atoms with Crippen LogP contribution in [0.1, 0.15) is 49.4 Å².